The molecule has 0 atom stereocenters. The Morgan fingerprint density at radius 1 is 0.708 bits per heavy atom. The Morgan fingerprint density at radius 3 is 2.08 bits per heavy atom. The summed E-state index contributed by atoms with van der Waals surface area (Å²) in [6.07, 6.45) is 0. The summed E-state index contributed by atoms with van der Waals surface area (Å²) in [6.45, 7) is 7.62. The number of ether oxygens (including phenoxy) is 6. The van der Waals surface area contributed by atoms with Crippen molar-refractivity contribution in [2.24, 2.45) is 0 Å². The lowest BCUT2D eigenvalue weighted by molar-refractivity contribution is -0.149. The van der Waals surface area contributed by atoms with Crippen LogP contribution in [0, 0.1) is 12.7 Å². The molecule has 252 valence electrons. The fraction of sp³-hybridized carbons (Fsp3) is 0.308. The van der Waals surface area contributed by atoms with Gasteiger partial charge in [0.1, 0.15) is 37.1 Å². The third-order valence-electron chi connectivity index (χ3n) is 7.68. The van der Waals surface area contributed by atoms with Crippen LogP contribution in [0.5, 0.6) is 11.5 Å². The van der Waals surface area contributed by atoms with Gasteiger partial charge in [0.15, 0.2) is 0 Å². The smallest absolute Gasteiger partial charge is 0.332 e. The first-order valence-electron chi connectivity index (χ1n) is 16.2. The molecule has 0 radical (unpaired) electrons. The van der Waals surface area contributed by atoms with E-state index in [2.05, 4.69) is 35.8 Å². The van der Waals surface area contributed by atoms with Crippen molar-refractivity contribution in [3.8, 4) is 22.8 Å². The van der Waals surface area contributed by atoms with E-state index in [1.54, 1.807) is 6.92 Å². The second kappa shape index (κ2) is 18.0. The number of nitrogens with zero attached hydrogens (tertiary/aromatic N) is 1. The number of esters is 1. The van der Waals surface area contributed by atoms with Crippen molar-refractivity contribution in [2.45, 2.75) is 27.0 Å². The summed E-state index contributed by atoms with van der Waals surface area (Å²) in [4.78, 5) is 11.2. The van der Waals surface area contributed by atoms with Crippen molar-refractivity contribution in [1.29, 1.82) is 0 Å². The van der Waals surface area contributed by atoms with Crippen LogP contribution in [0.25, 0.3) is 22.2 Å². The Morgan fingerprint density at radius 2 is 1.38 bits per heavy atom. The summed E-state index contributed by atoms with van der Waals surface area (Å²) < 4.78 is 49.2. The number of hydrogen-bond acceptors (Lipinski definition) is 7. The minimum absolute atomic E-state index is 0.0709. The molecule has 0 N–H and O–H groups in total. The Bertz CT molecular complexity index is 1720. The van der Waals surface area contributed by atoms with Gasteiger partial charge in [-0.25, -0.2) is 9.18 Å². The topological polar surface area (TPSA) is 77.4 Å². The standard InChI is InChI=1S/C39H42FNO7/c1-3-46-38(42)28-45-22-21-43-19-20-44-23-24-47-34-15-9-30(10-16-34)26-41-37-18-17-35(48-27-31-7-5-4-6-8-31)25-36(37)29(2)39(41)32-11-13-33(40)14-12-32/h4-18,25H,3,19-24,26-28H2,1-2H3. The molecule has 9 heteroatoms. The van der Waals surface area contributed by atoms with Crippen molar-refractivity contribution in [3.63, 3.8) is 0 Å². The molecule has 0 aliphatic rings. The molecule has 5 rings (SSSR count). The quantitative estimate of drug-likeness (QED) is 0.0679. The fourth-order valence-corrected chi connectivity index (χ4v) is 5.37. The summed E-state index contributed by atoms with van der Waals surface area (Å²) in [5.74, 6) is 0.910. The second-order valence-electron chi connectivity index (χ2n) is 11.1. The average Bonchev–Trinajstić information content (AvgIpc) is 3.37. The van der Waals surface area contributed by atoms with Crippen molar-refractivity contribution in [2.75, 3.05) is 52.9 Å². The first kappa shape index (κ1) is 34.6. The maximum atomic E-state index is 13.9. The summed E-state index contributed by atoms with van der Waals surface area (Å²) in [5.41, 5.74) is 6.38. The molecule has 0 unspecified atom stereocenters. The Balaban J connectivity index is 1.15. The predicted octanol–water partition coefficient (Wildman–Crippen LogP) is 7.37. The van der Waals surface area contributed by atoms with Gasteiger partial charge in [0.05, 0.1) is 45.3 Å². The average molecular weight is 656 g/mol. The maximum Gasteiger partial charge on any atom is 0.332 e. The van der Waals surface area contributed by atoms with Crippen LogP contribution in [0.15, 0.2) is 97.1 Å². The first-order valence-corrected chi connectivity index (χ1v) is 16.2. The van der Waals surface area contributed by atoms with Crippen LogP contribution in [-0.4, -0.2) is 63.4 Å². The number of aromatic nitrogens is 1. The zero-order chi connectivity index (χ0) is 33.6. The predicted molar refractivity (Wildman–Crippen MR) is 183 cm³/mol. The molecule has 0 aliphatic carbocycles. The zero-order valence-electron chi connectivity index (χ0n) is 27.5. The van der Waals surface area contributed by atoms with Crippen LogP contribution >= 0.6 is 0 Å². The molecule has 0 saturated carbocycles. The number of benzene rings is 4. The van der Waals surface area contributed by atoms with Gasteiger partial charge in [0.2, 0.25) is 0 Å². The minimum Gasteiger partial charge on any atom is -0.491 e. The molecule has 0 fully saturated rings. The van der Waals surface area contributed by atoms with Gasteiger partial charge >= 0.3 is 5.97 Å². The van der Waals surface area contributed by atoms with Crippen molar-refractivity contribution in [3.05, 3.63) is 120 Å². The Kier molecular flexibility index (Phi) is 13.0. The maximum absolute atomic E-state index is 13.9. The lowest BCUT2D eigenvalue weighted by Crippen LogP contribution is -2.16. The van der Waals surface area contributed by atoms with E-state index < -0.39 is 0 Å². The number of aryl methyl sites for hydroxylation is 1. The van der Waals surface area contributed by atoms with E-state index in [0.717, 1.165) is 50.3 Å². The molecule has 5 aromatic rings. The van der Waals surface area contributed by atoms with Gasteiger partial charge in [-0.05, 0) is 90.7 Å². The van der Waals surface area contributed by atoms with E-state index in [4.69, 9.17) is 28.4 Å². The molecule has 48 heavy (non-hydrogen) atoms. The normalized spacial score (nSPS) is 11.1. The zero-order valence-corrected chi connectivity index (χ0v) is 27.5. The summed E-state index contributed by atoms with van der Waals surface area (Å²) in [6, 6.07) is 31.0. The SMILES string of the molecule is CCOC(=O)COCCOCCOCCOc1ccc(Cn2c(-c3ccc(F)cc3)c(C)c3cc(OCc4ccccc4)ccc32)cc1. The van der Waals surface area contributed by atoms with Gasteiger partial charge in [-0.15, -0.1) is 0 Å². The monoisotopic (exact) mass is 655 g/mol. The summed E-state index contributed by atoms with van der Waals surface area (Å²) >= 11 is 0. The fourth-order valence-electron chi connectivity index (χ4n) is 5.37. The number of carbonyl (C=O) groups excluding carboxylic acids is 1. The number of carbonyl (C=O) groups is 1. The third kappa shape index (κ3) is 9.90. The van der Waals surface area contributed by atoms with Crippen molar-refractivity contribution < 1.29 is 37.6 Å². The summed E-state index contributed by atoms with van der Waals surface area (Å²) in [5, 5.41) is 1.09. The second-order valence-corrected chi connectivity index (χ2v) is 11.1. The van der Waals surface area contributed by atoms with E-state index in [-0.39, 0.29) is 18.4 Å². The number of halogens is 1. The van der Waals surface area contributed by atoms with Crippen molar-refractivity contribution in [1.82, 2.24) is 4.57 Å². The molecule has 0 amide bonds. The number of rotatable bonds is 19. The third-order valence-corrected chi connectivity index (χ3v) is 7.68. The Labute approximate surface area is 280 Å². The van der Waals surface area contributed by atoms with Gasteiger partial charge in [0.25, 0.3) is 0 Å². The van der Waals surface area contributed by atoms with Gasteiger partial charge in [-0.3, -0.25) is 0 Å². The van der Waals surface area contributed by atoms with Crippen LogP contribution in [0.2, 0.25) is 0 Å². The largest absolute Gasteiger partial charge is 0.491 e. The van der Waals surface area contributed by atoms with Crippen LogP contribution in [0.3, 0.4) is 0 Å². The van der Waals surface area contributed by atoms with E-state index >= 15 is 0 Å². The first-order chi connectivity index (χ1) is 23.5. The van der Waals surface area contributed by atoms with Gasteiger partial charge in [-0.2, -0.15) is 0 Å². The Hall–Kier alpha value is -4.70. The highest BCUT2D eigenvalue weighted by Gasteiger charge is 2.17. The van der Waals surface area contributed by atoms with E-state index in [0.29, 0.717) is 59.4 Å². The van der Waals surface area contributed by atoms with E-state index in [1.165, 1.54) is 12.1 Å². The highest BCUT2D eigenvalue weighted by Crippen LogP contribution is 2.36. The van der Waals surface area contributed by atoms with Gasteiger partial charge < -0.3 is 33.0 Å². The van der Waals surface area contributed by atoms with Crippen molar-refractivity contribution >= 4 is 16.9 Å². The minimum atomic E-state index is -0.379. The van der Waals surface area contributed by atoms with E-state index in [1.807, 2.05) is 60.7 Å². The van der Waals surface area contributed by atoms with Crippen LogP contribution in [-0.2, 0) is 36.9 Å². The lowest BCUT2D eigenvalue weighted by Gasteiger charge is -2.13. The number of fused-ring (bicyclic) bond motifs is 1. The highest BCUT2D eigenvalue weighted by atomic mass is 19.1. The van der Waals surface area contributed by atoms with E-state index in [9.17, 15) is 9.18 Å². The molecule has 4 aromatic carbocycles. The summed E-state index contributed by atoms with van der Waals surface area (Å²) in [7, 11) is 0. The highest BCUT2D eigenvalue weighted by molar-refractivity contribution is 5.92. The van der Waals surface area contributed by atoms with Gasteiger partial charge in [0, 0.05) is 17.4 Å². The molecule has 0 spiro atoms. The molecular formula is C39H42FNO7. The molecule has 0 aliphatic heterocycles. The molecule has 0 saturated heterocycles. The number of hydrogen-bond donors (Lipinski definition) is 0. The van der Waals surface area contributed by atoms with Gasteiger partial charge in [-0.1, -0.05) is 42.5 Å². The molecule has 8 nitrogen and oxygen atoms in total. The van der Waals surface area contributed by atoms with Crippen LogP contribution in [0.4, 0.5) is 4.39 Å². The lowest BCUT2D eigenvalue weighted by atomic mass is 10.1. The van der Waals surface area contributed by atoms with Crippen LogP contribution < -0.4 is 9.47 Å². The molecule has 1 heterocycles. The molecular weight excluding hydrogens is 613 g/mol. The molecule has 0 bridgehead atoms. The van der Waals surface area contributed by atoms with Crippen LogP contribution in [0.1, 0.15) is 23.6 Å². The molecule has 1 aromatic heterocycles.